The Hall–Kier alpha value is -3.94. The van der Waals surface area contributed by atoms with Gasteiger partial charge in [0.05, 0.1) is 29.7 Å². The number of aromatic nitrogens is 2. The van der Waals surface area contributed by atoms with Gasteiger partial charge in [-0.1, -0.05) is 57.9 Å². The van der Waals surface area contributed by atoms with Crippen molar-refractivity contribution in [3.63, 3.8) is 0 Å². The Bertz CT molecular complexity index is 1690. The Morgan fingerprint density at radius 3 is 2.36 bits per heavy atom. The van der Waals surface area contributed by atoms with E-state index in [2.05, 4.69) is 15.9 Å². The number of ether oxygens (including phenoxy) is 1. The molecule has 1 unspecified atom stereocenters. The van der Waals surface area contributed by atoms with Crippen molar-refractivity contribution in [1.82, 2.24) is 14.5 Å². The lowest BCUT2D eigenvalue weighted by Crippen LogP contribution is -2.37. The van der Waals surface area contributed by atoms with Crippen LogP contribution in [-0.2, 0) is 6.54 Å². The summed E-state index contributed by atoms with van der Waals surface area (Å²) in [7, 11) is 1.59. The molecule has 39 heavy (non-hydrogen) atoms. The molecule has 5 aromatic rings. The van der Waals surface area contributed by atoms with Crippen LogP contribution in [0.1, 0.15) is 34.7 Å². The second-order valence-corrected chi connectivity index (χ2v) is 10.4. The SMILES string of the molecule is COc1ccc(-n2c(C(C)N(Cc3ccccc3)C(=O)c3ccc(Br)cc3)nc3cc(Cl)ccc3c2=O)cc1. The van der Waals surface area contributed by atoms with Crippen LogP contribution in [0.15, 0.2) is 106 Å². The molecule has 6 nitrogen and oxygen atoms in total. The molecule has 0 radical (unpaired) electrons. The average Bonchev–Trinajstić information content (AvgIpc) is 2.96. The first-order chi connectivity index (χ1) is 18.9. The van der Waals surface area contributed by atoms with Gasteiger partial charge >= 0.3 is 0 Å². The van der Waals surface area contributed by atoms with E-state index in [1.165, 1.54) is 0 Å². The highest BCUT2D eigenvalue weighted by Crippen LogP contribution is 2.28. The summed E-state index contributed by atoms with van der Waals surface area (Å²) in [6.45, 7) is 2.21. The number of amides is 1. The van der Waals surface area contributed by atoms with E-state index in [0.717, 1.165) is 10.0 Å². The zero-order chi connectivity index (χ0) is 27.5. The van der Waals surface area contributed by atoms with E-state index in [9.17, 15) is 9.59 Å². The van der Waals surface area contributed by atoms with Gasteiger partial charge in [0.25, 0.3) is 11.5 Å². The van der Waals surface area contributed by atoms with E-state index in [1.807, 2.05) is 49.4 Å². The fraction of sp³-hybridized carbons (Fsp3) is 0.129. The van der Waals surface area contributed by atoms with Gasteiger partial charge in [-0.25, -0.2) is 4.98 Å². The van der Waals surface area contributed by atoms with E-state index >= 15 is 0 Å². The van der Waals surface area contributed by atoms with Gasteiger partial charge in [0.15, 0.2) is 0 Å². The van der Waals surface area contributed by atoms with Crippen molar-refractivity contribution in [2.24, 2.45) is 0 Å². The zero-order valence-corrected chi connectivity index (χ0v) is 23.7. The van der Waals surface area contributed by atoms with Gasteiger partial charge in [-0.3, -0.25) is 14.2 Å². The maximum absolute atomic E-state index is 14.0. The lowest BCUT2D eigenvalue weighted by molar-refractivity contribution is 0.0664. The van der Waals surface area contributed by atoms with Crippen LogP contribution in [0.25, 0.3) is 16.6 Å². The maximum atomic E-state index is 14.0. The van der Waals surface area contributed by atoms with Gasteiger partial charge in [-0.05, 0) is 79.2 Å². The summed E-state index contributed by atoms with van der Waals surface area (Å²) in [4.78, 5) is 34.5. The van der Waals surface area contributed by atoms with E-state index in [-0.39, 0.29) is 11.5 Å². The summed E-state index contributed by atoms with van der Waals surface area (Å²) in [5.41, 5.74) is 2.32. The van der Waals surface area contributed by atoms with Crippen molar-refractivity contribution in [2.75, 3.05) is 7.11 Å². The maximum Gasteiger partial charge on any atom is 0.266 e. The smallest absolute Gasteiger partial charge is 0.266 e. The molecule has 0 aliphatic heterocycles. The summed E-state index contributed by atoms with van der Waals surface area (Å²) in [6, 6.07) is 28.6. The molecule has 1 amide bonds. The summed E-state index contributed by atoms with van der Waals surface area (Å²) < 4.78 is 7.76. The molecule has 0 saturated heterocycles. The quantitative estimate of drug-likeness (QED) is 0.197. The van der Waals surface area contributed by atoms with E-state index in [0.29, 0.717) is 45.3 Å². The Morgan fingerprint density at radius 1 is 1.00 bits per heavy atom. The number of hydrogen-bond acceptors (Lipinski definition) is 4. The van der Waals surface area contributed by atoms with Gasteiger partial charge in [-0.15, -0.1) is 0 Å². The minimum atomic E-state index is -0.584. The van der Waals surface area contributed by atoms with E-state index in [4.69, 9.17) is 21.3 Å². The number of carbonyl (C=O) groups excluding carboxylic acids is 1. The average molecular weight is 603 g/mol. The van der Waals surface area contributed by atoms with Crippen LogP contribution in [0.2, 0.25) is 5.02 Å². The van der Waals surface area contributed by atoms with Crippen LogP contribution in [-0.4, -0.2) is 27.5 Å². The molecule has 0 spiro atoms. The Kier molecular flexibility index (Phi) is 7.82. The minimum absolute atomic E-state index is 0.180. The molecule has 196 valence electrons. The number of hydrogen-bond donors (Lipinski definition) is 0. The Labute approximate surface area is 239 Å². The van der Waals surface area contributed by atoms with Crippen molar-refractivity contribution in [2.45, 2.75) is 19.5 Å². The van der Waals surface area contributed by atoms with Gasteiger partial charge in [0.2, 0.25) is 0 Å². The van der Waals surface area contributed by atoms with Crippen molar-refractivity contribution >= 4 is 44.3 Å². The summed E-state index contributed by atoms with van der Waals surface area (Å²) in [5, 5.41) is 0.905. The predicted molar refractivity (Wildman–Crippen MR) is 158 cm³/mol. The first-order valence-electron chi connectivity index (χ1n) is 12.3. The number of benzene rings is 4. The van der Waals surface area contributed by atoms with E-state index < -0.39 is 6.04 Å². The minimum Gasteiger partial charge on any atom is -0.497 e. The predicted octanol–water partition coefficient (Wildman–Crippen LogP) is 7.21. The molecular formula is C31H25BrClN3O3. The molecule has 1 aromatic heterocycles. The molecule has 0 N–H and O–H groups in total. The van der Waals surface area contributed by atoms with Crippen LogP contribution in [0.3, 0.4) is 0 Å². The Morgan fingerprint density at radius 2 is 1.69 bits per heavy atom. The van der Waals surface area contributed by atoms with Crippen molar-refractivity contribution in [3.8, 4) is 11.4 Å². The molecular weight excluding hydrogens is 578 g/mol. The molecule has 8 heteroatoms. The number of halogens is 2. The molecule has 0 aliphatic carbocycles. The fourth-order valence-electron chi connectivity index (χ4n) is 4.50. The normalized spacial score (nSPS) is 11.8. The third-order valence-corrected chi connectivity index (χ3v) is 7.34. The van der Waals surface area contributed by atoms with Crippen LogP contribution < -0.4 is 10.3 Å². The lowest BCUT2D eigenvalue weighted by atomic mass is 10.1. The standard InChI is InChI=1S/C31H25BrClN3O3/c1-20(35(19-21-6-4-3-5-7-21)30(37)22-8-10-23(32)11-9-22)29-34-28-18-24(33)12-17-27(28)31(38)36(29)25-13-15-26(39-2)16-14-25/h3-18,20H,19H2,1-2H3. The lowest BCUT2D eigenvalue weighted by Gasteiger charge is -2.31. The van der Waals surface area contributed by atoms with Crippen LogP contribution >= 0.6 is 27.5 Å². The van der Waals surface area contributed by atoms with Crippen molar-refractivity contribution in [1.29, 1.82) is 0 Å². The molecule has 0 saturated carbocycles. The number of methoxy groups -OCH3 is 1. The molecule has 1 heterocycles. The van der Waals surface area contributed by atoms with Crippen LogP contribution in [0, 0.1) is 0 Å². The third-order valence-electron chi connectivity index (χ3n) is 6.58. The highest BCUT2D eigenvalue weighted by molar-refractivity contribution is 9.10. The second kappa shape index (κ2) is 11.4. The van der Waals surface area contributed by atoms with Crippen LogP contribution in [0.5, 0.6) is 5.75 Å². The van der Waals surface area contributed by atoms with Crippen LogP contribution in [0.4, 0.5) is 0 Å². The molecule has 1 atom stereocenters. The van der Waals surface area contributed by atoms with Gasteiger partial charge in [-0.2, -0.15) is 0 Å². The molecule has 0 fully saturated rings. The molecule has 5 rings (SSSR count). The van der Waals surface area contributed by atoms with Gasteiger partial charge in [0.1, 0.15) is 11.6 Å². The molecule has 0 bridgehead atoms. The summed E-state index contributed by atoms with van der Waals surface area (Å²) in [5.74, 6) is 0.903. The topological polar surface area (TPSA) is 64.4 Å². The number of carbonyl (C=O) groups is 1. The number of nitrogens with zero attached hydrogens (tertiary/aromatic N) is 3. The Balaban J connectivity index is 1.70. The highest BCUT2D eigenvalue weighted by atomic mass is 79.9. The summed E-state index contributed by atoms with van der Waals surface area (Å²) >= 11 is 9.72. The zero-order valence-electron chi connectivity index (χ0n) is 21.3. The van der Waals surface area contributed by atoms with Gasteiger partial charge in [0, 0.05) is 21.6 Å². The van der Waals surface area contributed by atoms with E-state index in [1.54, 1.807) is 71.2 Å². The fourth-order valence-corrected chi connectivity index (χ4v) is 4.93. The van der Waals surface area contributed by atoms with Crippen molar-refractivity contribution in [3.05, 3.63) is 134 Å². The third kappa shape index (κ3) is 5.60. The second-order valence-electron chi connectivity index (χ2n) is 9.07. The highest BCUT2D eigenvalue weighted by Gasteiger charge is 2.28. The number of rotatable bonds is 7. The van der Waals surface area contributed by atoms with Crippen molar-refractivity contribution < 1.29 is 9.53 Å². The van der Waals surface area contributed by atoms with Gasteiger partial charge < -0.3 is 9.64 Å². The molecule has 4 aromatic carbocycles. The summed E-state index contributed by atoms with van der Waals surface area (Å²) in [6.07, 6.45) is 0. The first-order valence-corrected chi connectivity index (χ1v) is 13.5. The monoisotopic (exact) mass is 601 g/mol. The largest absolute Gasteiger partial charge is 0.497 e. The molecule has 0 aliphatic rings. The first kappa shape index (κ1) is 26.7. The number of fused-ring (bicyclic) bond motifs is 1.